The van der Waals surface area contributed by atoms with E-state index in [9.17, 15) is 4.79 Å². The molecular formula is C14H20Cl2N2OS. The molecule has 1 fully saturated rings. The van der Waals surface area contributed by atoms with E-state index in [0.717, 1.165) is 35.3 Å². The van der Waals surface area contributed by atoms with Crippen LogP contribution in [0.3, 0.4) is 0 Å². The lowest BCUT2D eigenvalue weighted by Gasteiger charge is -2.31. The average Bonchev–Trinajstić information content (AvgIpc) is 2.41. The number of benzene rings is 1. The summed E-state index contributed by atoms with van der Waals surface area (Å²) in [4.78, 5) is 15.2. The normalized spacial score (nSPS) is 18.5. The summed E-state index contributed by atoms with van der Waals surface area (Å²) in [7, 11) is 0. The van der Waals surface area contributed by atoms with Gasteiger partial charge in [-0.05, 0) is 31.2 Å². The second-order valence-corrected chi connectivity index (χ2v) is 6.35. The minimum atomic E-state index is 0. The standard InChI is InChI=1S/C14H19ClN2OS.ClH/c1-11-10-17(8-7-16-11)14(18)6-9-19-13-4-2-12(15)3-5-13;/h2-5,11,16H,6-10H2,1H3;1H. The highest BCUT2D eigenvalue weighted by atomic mass is 35.5. The van der Waals surface area contributed by atoms with Crippen LogP contribution in [0.4, 0.5) is 0 Å². The van der Waals surface area contributed by atoms with Gasteiger partial charge in [0.1, 0.15) is 0 Å². The molecule has 3 nitrogen and oxygen atoms in total. The number of amides is 1. The number of nitrogens with one attached hydrogen (secondary N) is 1. The van der Waals surface area contributed by atoms with Crippen LogP contribution in [-0.2, 0) is 4.79 Å². The zero-order valence-corrected chi connectivity index (χ0v) is 13.9. The van der Waals surface area contributed by atoms with Crippen molar-refractivity contribution in [2.45, 2.75) is 24.3 Å². The molecule has 112 valence electrons. The SMILES string of the molecule is CC1CN(C(=O)CCSc2ccc(Cl)cc2)CCN1.Cl. The molecule has 1 amide bonds. The number of piperazine rings is 1. The van der Waals surface area contributed by atoms with Gasteiger partial charge in [-0.1, -0.05) is 11.6 Å². The Labute approximate surface area is 135 Å². The van der Waals surface area contributed by atoms with Crippen molar-refractivity contribution in [2.75, 3.05) is 25.4 Å². The van der Waals surface area contributed by atoms with Crippen molar-refractivity contribution < 1.29 is 4.79 Å². The highest BCUT2D eigenvalue weighted by Gasteiger charge is 2.19. The molecule has 0 radical (unpaired) electrons. The Morgan fingerprint density at radius 1 is 1.45 bits per heavy atom. The number of thioether (sulfide) groups is 1. The minimum Gasteiger partial charge on any atom is -0.340 e. The Hall–Kier alpha value is -0.420. The number of halogens is 2. The van der Waals surface area contributed by atoms with Crippen molar-refractivity contribution in [3.8, 4) is 0 Å². The topological polar surface area (TPSA) is 32.3 Å². The Kier molecular flexibility index (Phi) is 7.74. The van der Waals surface area contributed by atoms with E-state index in [1.807, 2.05) is 29.2 Å². The van der Waals surface area contributed by atoms with Gasteiger partial charge in [-0.25, -0.2) is 0 Å². The molecule has 1 N–H and O–H groups in total. The maximum Gasteiger partial charge on any atom is 0.223 e. The fourth-order valence-electron chi connectivity index (χ4n) is 2.10. The molecule has 0 aliphatic carbocycles. The van der Waals surface area contributed by atoms with E-state index < -0.39 is 0 Å². The molecule has 1 atom stereocenters. The van der Waals surface area contributed by atoms with E-state index >= 15 is 0 Å². The lowest BCUT2D eigenvalue weighted by atomic mass is 10.2. The van der Waals surface area contributed by atoms with E-state index in [2.05, 4.69) is 12.2 Å². The first-order valence-electron chi connectivity index (χ1n) is 6.54. The quantitative estimate of drug-likeness (QED) is 0.859. The molecule has 0 bridgehead atoms. The Balaban J connectivity index is 0.00000200. The van der Waals surface area contributed by atoms with Crippen molar-refractivity contribution in [1.82, 2.24) is 10.2 Å². The molecule has 1 unspecified atom stereocenters. The van der Waals surface area contributed by atoms with Gasteiger partial charge < -0.3 is 10.2 Å². The number of hydrogen-bond donors (Lipinski definition) is 1. The second-order valence-electron chi connectivity index (χ2n) is 4.75. The fraction of sp³-hybridized carbons (Fsp3) is 0.500. The van der Waals surface area contributed by atoms with Gasteiger partial charge >= 0.3 is 0 Å². The van der Waals surface area contributed by atoms with Gasteiger partial charge in [-0.3, -0.25) is 4.79 Å². The molecular weight excluding hydrogens is 315 g/mol. The molecule has 1 aromatic carbocycles. The summed E-state index contributed by atoms with van der Waals surface area (Å²) in [5, 5.41) is 4.09. The average molecular weight is 335 g/mol. The van der Waals surface area contributed by atoms with E-state index in [0.29, 0.717) is 12.5 Å². The zero-order valence-electron chi connectivity index (χ0n) is 11.5. The number of nitrogens with zero attached hydrogens (tertiary/aromatic N) is 1. The summed E-state index contributed by atoms with van der Waals surface area (Å²) in [6.07, 6.45) is 0.597. The second kappa shape index (κ2) is 8.78. The number of hydrogen-bond acceptors (Lipinski definition) is 3. The van der Waals surface area contributed by atoms with Crippen molar-refractivity contribution in [3.63, 3.8) is 0 Å². The first kappa shape index (κ1) is 17.6. The summed E-state index contributed by atoms with van der Waals surface area (Å²) in [6, 6.07) is 8.14. The van der Waals surface area contributed by atoms with Crippen molar-refractivity contribution in [3.05, 3.63) is 29.3 Å². The molecule has 1 aliphatic heterocycles. The molecule has 1 aromatic rings. The van der Waals surface area contributed by atoms with Gasteiger partial charge in [0.2, 0.25) is 5.91 Å². The van der Waals surface area contributed by atoms with Crippen LogP contribution in [0.2, 0.25) is 5.02 Å². The summed E-state index contributed by atoms with van der Waals surface area (Å²) < 4.78 is 0. The first-order valence-corrected chi connectivity index (χ1v) is 7.91. The lowest BCUT2D eigenvalue weighted by molar-refractivity contribution is -0.131. The van der Waals surface area contributed by atoms with Crippen molar-refractivity contribution >= 4 is 41.7 Å². The smallest absolute Gasteiger partial charge is 0.223 e. The molecule has 0 saturated carbocycles. The van der Waals surface area contributed by atoms with Crippen LogP contribution in [0.25, 0.3) is 0 Å². The van der Waals surface area contributed by atoms with Crippen LogP contribution in [-0.4, -0.2) is 42.2 Å². The maximum atomic E-state index is 12.1. The van der Waals surface area contributed by atoms with Crippen LogP contribution >= 0.6 is 35.8 Å². The van der Waals surface area contributed by atoms with E-state index in [1.165, 1.54) is 0 Å². The first-order chi connectivity index (χ1) is 9.15. The third-order valence-electron chi connectivity index (χ3n) is 3.12. The van der Waals surface area contributed by atoms with Crippen LogP contribution in [0.5, 0.6) is 0 Å². The largest absolute Gasteiger partial charge is 0.340 e. The van der Waals surface area contributed by atoms with Crippen molar-refractivity contribution in [2.24, 2.45) is 0 Å². The van der Waals surface area contributed by atoms with E-state index in [4.69, 9.17) is 11.6 Å². The fourth-order valence-corrected chi connectivity index (χ4v) is 3.07. The van der Waals surface area contributed by atoms with Crippen molar-refractivity contribution in [1.29, 1.82) is 0 Å². The maximum absolute atomic E-state index is 12.1. The zero-order chi connectivity index (χ0) is 13.7. The highest BCUT2D eigenvalue weighted by Crippen LogP contribution is 2.21. The molecule has 1 saturated heterocycles. The predicted octanol–water partition coefficient (Wildman–Crippen LogP) is 3.06. The molecule has 1 heterocycles. The number of carbonyl (C=O) groups excluding carboxylic acids is 1. The van der Waals surface area contributed by atoms with Gasteiger partial charge in [-0.2, -0.15) is 0 Å². The van der Waals surface area contributed by atoms with E-state index in [1.54, 1.807) is 11.8 Å². The monoisotopic (exact) mass is 334 g/mol. The summed E-state index contributed by atoms with van der Waals surface area (Å²) in [5.74, 6) is 1.08. The molecule has 20 heavy (non-hydrogen) atoms. The van der Waals surface area contributed by atoms with Crippen LogP contribution in [0.15, 0.2) is 29.2 Å². The molecule has 1 aliphatic rings. The third-order valence-corrected chi connectivity index (χ3v) is 4.39. The third kappa shape index (κ3) is 5.52. The van der Waals surface area contributed by atoms with Crippen LogP contribution < -0.4 is 5.32 Å². The molecule has 6 heteroatoms. The Morgan fingerprint density at radius 3 is 2.80 bits per heavy atom. The lowest BCUT2D eigenvalue weighted by Crippen LogP contribution is -2.51. The molecule has 0 aromatic heterocycles. The van der Waals surface area contributed by atoms with E-state index in [-0.39, 0.29) is 18.3 Å². The number of carbonyl (C=O) groups is 1. The summed E-state index contributed by atoms with van der Waals surface area (Å²) >= 11 is 7.54. The number of rotatable bonds is 4. The van der Waals surface area contributed by atoms with Crippen LogP contribution in [0, 0.1) is 0 Å². The van der Waals surface area contributed by atoms with Gasteiger partial charge in [0.05, 0.1) is 0 Å². The van der Waals surface area contributed by atoms with Gasteiger partial charge in [-0.15, -0.1) is 24.2 Å². The van der Waals surface area contributed by atoms with Crippen LogP contribution in [0.1, 0.15) is 13.3 Å². The van der Waals surface area contributed by atoms with Gasteiger partial charge in [0, 0.05) is 47.8 Å². The predicted molar refractivity (Wildman–Crippen MR) is 88.1 cm³/mol. The van der Waals surface area contributed by atoms with Gasteiger partial charge in [0.25, 0.3) is 0 Å². The molecule has 0 spiro atoms. The summed E-state index contributed by atoms with van der Waals surface area (Å²) in [5.41, 5.74) is 0. The van der Waals surface area contributed by atoms with Gasteiger partial charge in [0.15, 0.2) is 0 Å². The Morgan fingerprint density at radius 2 is 2.15 bits per heavy atom. The minimum absolute atomic E-state index is 0. The highest BCUT2D eigenvalue weighted by molar-refractivity contribution is 7.99. The summed E-state index contributed by atoms with van der Waals surface area (Å²) in [6.45, 7) is 4.67. The molecule has 2 rings (SSSR count). The Bertz CT molecular complexity index is 428.